The molecule has 1 fully saturated rings. The number of carboxylic acid groups (broad SMARTS) is 1. The fraction of sp³-hybridized carbons (Fsp3) is 0.643. The molecule has 1 amide bonds. The van der Waals surface area contributed by atoms with Gasteiger partial charge in [0.25, 0.3) is 0 Å². The van der Waals surface area contributed by atoms with Crippen molar-refractivity contribution in [3.63, 3.8) is 0 Å². The van der Waals surface area contributed by atoms with Crippen LogP contribution >= 0.6 is 11.3 Å². The number of carbonyl (C=O) groups excluding carboxylic acids is 1. The van der Waals surface area contributed by atoms with E-state index in [0.29, 0.717) is 18.0 Å². The van der Waals surface area contributed by atoms with Gasteiger partial charge in [0, 0.05) is 4.88 Å². The number of aryl methyl sites for hydroxylation is 2. The Balaban J connectivity index is 1.69. The molecule has 6 heteroatoms. The second-order valence-electron chi connectivity index (χ2n) is 5.57. The maximum absolute atomic E-state index is 12.2. The summed E-state index contributed by atoms with van der Waals surface area (Å²) in [6.45, 7) is 0. The van der Waals surface area contributed by atoms with Gasteiger partial charge in [-0.2, -0.15) is 0 Å². The van der Waals surface area contributed by atoms with Crippen LogP contribution in [0.4, 0.5) is 5.13 Å². The fourth-order valence-electron chi connectivity index (χ4n) is 3.17. The van der Waals surface area contributed by atoms with Crippen LogP contribution in [0, 0.1) is 11.8 Å². The minimum Gasteiger partial charge on any atom is -0.481 e. The molecule has 2 N–H and O–H groups in total. The van der Waals surface area contributed by atoms with E-state index in [9.17, 15) is 9.59 Å². The van der Waals surface area contributed by atoms with Crippen LogP contribution in [0.25, 0.3) is 0 Å². The Labute approximate surface area is 121 Å². The fourth-order valence-corrected chi connectivity index (χ4v) is 4.23. The predicted molar refractivity (Wildman–Crippen MR) is 75.9 cm³/mol. The monoisotopic (exact) mass is 294 g/mol. The molecule has 0 bridgehead atoms. The van der Waals surface area contributed by atoms with Crippen LogP contribution in [0.1, 0.15) is 42.7 Å². The Bertz CT molecular complexity index is 517. The predicted octanol–water partition coefficient (Wildman–Crippen LogP) is 2.46. The van der Waals surface area contributed by atoms with Gasteiger partial charge >= 0.3 is 5.97 Å². The third kappa shape index (κ3) is 2.57. The lowest BCUT2D eigenvalue weighted by Gasteiger charge is -2.14. The van der Waals surface area contributed by atoms with Crippen molar-refractivity contribution in [3.05, 3.63) is 10.6 Å². The highest BCUT2D eigenvalue weighted by atomic mass is 32.1. The molecule has 0 unspecified atom stereocenters. The van der Waals surface area contributed by atoms with Crippen molar-refractivity contribution in [2.24, 2.45) is 11.8 Å². The van der Waals surface area contributed by atoms with Gasteiger partial charge in [-0.3, -0.25) is 9.59 Å². The van der Waals surface area contributed by atoms with Crippen molar-refractivity contribution in [2.75, 3.05) is 5.32 Å². The van der Waals surface area contributed by atoms with E-state index in [4.69, 9.17) is 5.11 Å². The van der Waals surface area contributed by atoms with E-state index in [1.807, 2.05) is 0 Å². The molecule has 2 aliphatic carbocycles. The zero-order valence-electron chi connectivity index (χ0n) is 11.2. The number of aromatic nitrogens is 1. The van der Waals surface area contributed by atoms with Crippen LogP contribution in [-0.4, -0.2) is 22.0 Å². The van der Waals surface area contributed by atoms with Crippen molar-refractivity contribution in [1.29, 1.82) is 0 Å². The van der Waals surface area contributed by atoms with Crippen LogP contribution in [0.15, 0.2) is 0 Å². The van der Waals surface area contributed by atoms with Crippen LogP contribution in [0.5, 0.6) is 0 Å². The lowest BCUT2D eigenvalue weighted by molar-refractivity contribution is -0.145. The van der Waals surface area contributed by atoms with E-state index < -0.39 is 17.8 Å². The number of nitrogens with one attached hydrogen (secondary N) is 1. The number of amides is 1. The van der Waals surface area contributed by atoms with Crippen LogP contribution in [0.2, 0.25) is 0 Å². The molecule has 1 heterocycles. The smallest absolute Gasteiger partial charge is 0.307 e. The summed E-state index contributed by atoms with van der Waals surface area (Å²) in [5.41, 5.74) is 1.11. The van der Waals surface area contributed by atoms with E-state index in [1.165, 1.54) is 11.3 Å². The average Bonchev–Trinajstić information content (AvgIpc) is 3.04. The van der Waals surface area contributed by atoms with Crippen molar-refractivity contribution in [2.45, 2.75) is 44.9 Å². The molecule has 2 aliphatic rings. The van der Waals surface area contributed by atoms with Gasteiger partial charge < -0.3 is 10.4 Å². The molecule has 0 spiro atoms. The largest absolute Gasteiger partial charge is 0.481 e. The zero-order chi connectivity index (χ0) is 14.1. The molecule has 3 rings (SSSR count). The number of rotatable bonds is 3. The molecule has 108 valence electrons. The van der Waals surface area contributed by atoms with E-state index in [2.05, 4.69) is 10.3 Å². The van der Waals surface area contributed by atoms with Crippen LogP contribution in [-0.2, 0) is 22.4 Å². The number of aliphatic carboxylic acids is 1. The second kappa shape index (κ2) is 5.52. The first-order valence-corrected chi connectivity index (χ1v) is 7.99. The Morgan fingerprint density at radius 2 is 1.90 bits per heavy atom. The Kier molecular flexibility index (Phi) is 3.74. The minimum absolute atomic E-state index is 0.180. The molecule has 0 radical (unpaired) electrons. The van der Waals surface area contributed by atoms with Crippen molar-refractivity contribution in [3.8, 4) is 0 Å². The van der Waals surface area contributed by atoms with Crippen molar-refractivity contribution < 1.29 is 14.7 Å². The first-order valence-electron chi connectivity index (χ1n) is 7.17. The number of fused-ring (bicyclic) bond motifs is 1. The van der Waals surface area contributed by atoms with Gasteiger partial charge in [0.15, 0.2) is 5.13 Å². The van der Waals surface area contributed by atoms with E-state index in [1.54, 1.807) is 11.3 Å². The first-order chi connectivity index (χ1) is 9.65. The standard InChI is InChI=1S/C14H18N2O3S/c17-12(8-4-3-5-9(8)13(18)19)16-14-15-10-6-1-2-7-11(10)20-14/h8-9H,1-7H2,(H,18,19)(H,15,16,17)/t8-,9+/m1/s1. The maximum Gasteiger partial charge on any atom is 0.307 e. The Morgan fingerprint density at radius 1 is 1.15 bits per heavy atom. The van der Waals surface area contributed by atoms with Gasteiger partial charge in [-0.1, -0.05) is 6.42 Å². The van der Waals surface area contributed by atoms with Gasteiger partial charge in [0.05, 0.1) is 17.5 Å². The second-order valence-corrected chi connectivity index (χ2v) is 6.65. The normalized spacial score (nSPS) is 25.2. The summed E-state index contributed by atoms with van der Waals surface area (Å²) in [4.78, 5) is 29.1. The Morgan fingerprint density at radius 3 is 2.65 bits per heavy atom. The summed E-state index contributed by atoms with van der Waals surface area (Å²) < 4.78 is 0. The highest BCUT2D eigenvalue weighted by Gasteiger charge is 2.38. The zero-order valence-corrected chi connectivity index (χ0v) is 12.0. The highest BCUT2D eigenvalue weighted by molar-refractivity contribution is 7.15. The maximum atomic E-state index is 12.2. The SMILES string of the molecule is O=C(O)[C@H]1CCC[C@H]1C(=O)Nc1nc2c(s1)CCCC2. The Hall–Kier alpha value is -1.43. The summed E-state index contributed by atoms with van der Waals surface area (Å²) in [6.07, 6.45) is 6.45. The molecule has 1 saturated carbocycles. The molecule has 1 aromatic rings. The third-order valence-corrected chi connectivity index (χ3v) is 5.32. The molecule has 0 aromatic carbocycles. The molecule has 2 atom stereocenters. The number of nitrogens with zero attached hydrogens (tertiary/aromatic N) is 1. The van der Waals surface area contributed by atoms with Crippen LogP contribution in [0.3, 0.4) is 0 Å². The lowest BCUT2D eigenvalue weighted by Crippen LogP contribution is -2.29. The first kappa shape index (κ1) is 13.5. The average molecular weight is 294 g/mol. The summed E-state index contributed by atoms with van der Waals surface area (Å²) in [5.74, 6) is -1.99. The van der Waals surface area contributed by atoms with E-state index in [0.717, 1.165) is 31.4 Å². The number of carboxylic acids is 1. The number of carbonyl (C=O) groups is 2. The van der Waals surface area contributed by atoms with Crippen molar-refractivity contribution >= 4 is 28.3 Å². The highest BCUT2D eigenvalue weighted by Crippen LogP contribution is 2.34. The van der Waals surface area contributed by atoms with Gasteiger partial charge in [0.2, 0.25) is 5.91 Å². The molecule has 20 heavy (non-hydrogen) atoms. The van der Waals surface area contributed by atoms with E-state index >= 15 is 0 Å². The number of hydrogen-bond acceptors (Lipinski definition) is 4. The minimum atomic E-state index is -0.860. The van der Waals surface area contributed by atoms with Crippen molar-refractivity contribution in [1.82, 2.24) is 4.98 Å². The van der Waals surface area contributed by atoms with Crippen LogP contribution < -0.4 is 5.32 Å². The molecular formula is C14H18N2O3S. The van der Waals surface area contributed by atoms with E-state index in [-0.39, 0.29) is 5.91 Å². The summed E-state index contributed by atoms with van der Waals surface area (Å²) in [5, 5.41) is 12.6. The van der Waals surface area contributed by atoms with Gasteiger partial charge in [-0.15, -0.1) is 11.3 Å². The summed E-state index contributed by atoms with van der Waals surface area (Å²) in [6, 6.07) is 0. The van der Waals surface area contributed by atoms with Gasteiger partial charge in [0.1, 0.15) is 0 Å². The molecule has 0 saturated heterocycles. The molecule has 5 nitrogen and oxygen atoms in total. The lowest BCUT2D eigenvalue weighted by atomic mass is 9.95. The quantitative estimate of drug-likeness (QED) is 0.897. The number of thiazole rings is 1. The summed E-state index contributed by atoms with van der Waals surface area (Å²) >= 11 is 1.54. The molecular weight excluding hydrogens is 276 g/mol. The summed E-state index contributed by atoms with van der Waals surface area (Å²) in [7, 11) is 0. The van der Waals surface area contributed by atoms with Gasteiger partial charge in [-0.05, 0) is 38.5 Å². The number of hydrogen-bond donors (Lipinski definition) is 2. The molecule has 0 aliphatic heterocycles. The third-order valence-electron chi connectivity index (χ3n) is 4.25. The topological polar surface area (TPSA) is 79.3 Å². The van der Waals surface area contributed by atoms with Gasteiger partial charge in [-0.25, -0.2) is 4.98 Å². The number of anilines is 1. The molecule has 1 aromatic heterocycles.